The molecule has 0 radical (unpaired) electrons. The third-order valence-electron chi connectivity index (χ3n) is 7.21. The van der Waals surface area contributed by atoms with Crippen molar-refractivity contribution in [3.05, 3.63) is 87.8 Å². The number of halogens is 3. The minimum Gasteiger partial charge on any atom is -0.488 e. The van der Waals surface area contributed by atoms with Crippen LogP contribution in [0.2, 0.25) is 0 Å². The molecule has 3 aromatic rings. The summed E-state index contributed by atoms with van der Waals surface area (Å²) in [5.41, 5.74) is -2.90. The number of β-amino-alcohol motifs (C(OH)–C–C–N with tert-alkyl or cyclic N) is 1. The number of nitro groups is 1. The number of nitrogens with zero attached hydrogens (tertiary/aromatic N) is 4. The molecule has 9 nitrogen and oxygen atoms in total. The van der Waals surface area contributed by atoms with Gasteiger partial charge in [0.1, 0.15) is 0 Å². The monoisotopic (exact) mass is 544 g/mol. The summed E-state index contributed by atoms with van der Waals surface area (Å²) in [7, 11) is 0. The van der Waals surface area contributed by atoms with Crippen LogP contribution in [0, 0.1) is 10.1 Å². The summed E-state index contributed by atoms with van der Waals surface area (Å²) < 4.78 is 50.7. The van der Waals surface area contributed by atoms with Crippen LogP contribution in [0.25, 0.3) is 10.9 Å². The average Bonchev–Trinajstić information content (AvgIpc) is 3.57. The Kier molecular flexibility index (Phi) is 7.08. The zero-order valence-electron chi connectivity index (χ0n) is 20.9. The highest BCUT2D eigenvalue weighted by atomic mass is 19.4. The molecule has 12 heteroatoms. The van der Waals surface area contributed by atoms with Crippen molar-refractivity contribution in [1.82, 2.24) is 14.4 Å². The first-order chi connectivity index (χ1) is 18.6. The smallest absolute Gasteiger partial charge is 0.422 e. The van der Waals surface area contributed by atoms with E-state index in [1.807, 2.05) is 0 Å². The second-order valence-corrected chi connectivity index (χ2v) is 9.75. The van der Waals surface area contributed by atoms with E-state index in [0.717, 1.165) is 11.6 Å². The molecule has 39 heavy (non-hydrogen) atoms. The fraction of sp³-hybridized carbons (Fsp3) is 0.370. The Morgan fingerprint density at radius 1 is 1.08 bits per heavy atom. The summed E-state index contributed by atoms with van der Waals surface area (Å²) in [6, 6.07) is 12.6. The normalized spacial score (nSPS) is 18.1. The maximum absolute atomic E-state index is 14.6. The highest BCUT2D eigenvalue weighted by Gasteiger charge is 2.57. The summed E-state index contributed by atoms with van der Waals surface area (Å²) in [5.74, 6) is -0.0284. The Morgan fingerprint density at radius 2 is 1.79 bits per heavy atom. The number of piperazine rings is 1. The Hall–Kier alpha value is -3.90. The number of aliphatic hydroxyl groups is 1. The van der Waals surface area contributed by atoms with E-state index < -0.39 is 23.2 Å². The number of amides is 1. The van der Waals surface area contributed by atoms with Gasteiger partial charge in [0.2, 0.25) is 5.60 Å². The van der Waals surface area contributed by atoms with E-state index in [9.17, 15) is 33.2 Å². The summed E-state index contributed by atoms with van der Waals surface area (Å²) >= 11 is 0. The molecule has 0 saturated carbocycles. The molecule has 1 saturated heterocycles. The van der Waals surface area contributed by atoms with Gasteiger partial charge in [-0.05, 0) is 17.7 Å². The van der Waals surface area contributed by atoms with Gasteiger partial charge in [0.05, 0.1) is 17.0 Å². The first-order valence-corrected chi connectivity index (χ1v) is 12.5. The van der Waals surface area contributed by atoms with Gasteiger partial charge in [0, 0.05) is 75.0 Å². The zero-order chi connectivity index (χ0) is 27.8. The maximum atomic E-state index is 14.6. The van der Waals surface area contributed by atoms with E-state index in [1.165, 1.54) is 32.7 Å². The molecule has 3 heterocycles. The molecule has 2 aliphatic heterocycles. The van der Waals surface area contributed by atoms with Crippen LogP contribution in [-0.4, -0.2) is 75.8 Å². The lowest BCUT2D eigenvalue weighted by Gasteiger charge is -2.40. The Labute approximate surface area is 221 Å². The van der Waals surface area contributed by atoms with E-state index in [2.05, 4.69) is 0 Å². The summed E-state index contributed by atoms with van der Waals surface area (Å²) in [6.45, 7) is 0.479. The van der Waals surface area contributed by atoms with Gasteiger partial charge in [0.25, 0.3) is 11.6 Å². The molecule has 2 aliphatic rings. The molecular weight excluding hydrogens is 517 g/mol. The van der Waals surface area contributed by atoms with Gasteiger partial charge < -0.3 is 19.3 Å². The van der Waals surface area contributed by atoms with Crippen molar-refractivity contribution in [2.75, 3.05) is 39.3 Å². The SMILES string of the molecule is O=C(C1=CCCO1)N1CCN(CC(O)(c2cn(Cc3ccccc3)c3cc([N+](=O)[O-])ccc23)C(F)(F)F)CC1. The third kappa shape index (κ3) is 5.21. The number of hydrogen-bond acceptors (Lipinski definition) is 6. The number of hydrogen-bond donors (Lipinski definition) is 1. The highest BCUT2D eigenvalue weighted by Crippen LogP contribution is 2.44. The Balaban J connectivity index is 1.46. The third-order valence-corrected chi connectivity index (χ3v) is 7.21. The fourth-order valence-corrected chi connectivity index (χ4v) is 5.12. The van der Waals surface area contributed by atoms with Gasteiger partial charge in [-0.1, -0.05) is 30.3 Å². The lowest BCUT2D eigenvalue weighted by atomic mass is 9.91. The van der Waals surface area contributed by atoms with E-state index in [4.69, 9.17) is 4.74 Å². The summed E-state index contributed by atoms with van der Waals surface area (Å²) in [4.78, 5) is 26.4. The minimum absolute atomic E-state index is 0.0792. The molecule has 5 rings (SSSR count). The first-order valence-electron chi connectivity index (χ1n) is 12.5. The average molecular weight is 545 g/mol. The lowest BCUT2D eigenvalue weighted by Crippen LogP contribution is -2.56. The summed E-state index contributed by atoms with van der Waals surface area (Å²) in [6.07, 6.45) is -1.47. The van der Waals surface area contributed by atoms with Gasteiger partial charge >= 0.3 is 6.18 Å². The van der Waals surface area contributed by atoms with Crippen LogP contribution in [0.1, 0.15) is 17.5 Å². The van der Waals surface area contributed by atoms with Gasteiger partial charge in [-0.15, -0.1) is 0 Å². The number of aromatic nitrogens is 1. The van der Waals surface area contributed by atoms with Crippen LogP contribution >= 0.6 is 0 Å². The number of benzene rings is 2. The topological polar surface area (TPSA) is 101 Å². The van der Waals surface area contributed by atoms with Crippen molar-refractivity contribution in [2.45, 2.75) is 24.7 Å². The molecule has 1 atom stereocenters. The molecule has 1 fully saturated rings. The molecule has 0 aliphatic carbocycles. The summed E-state index contributed by atoms with van der Waals surface area (Å²) in [5, 5.41) is 22.8. The molecule has 1 aromatic heterocycles. The van der Waals surface area contributed by atoms with Gasteiger partial charge in [-0.25, -0.2) is 0 Å². The van der Waals surface area contributed by atoms with E-state index in [-0.39, 0.29) is 66.5 Å². The van der Waals surface area contributed by atoms with Crippen LogP contribution < -0.4 is 0 Å². The Morgan fingerprint density at radius 3 is 2.41 bits per heavy atom. The van der Waals surface area contributed by atoms with Crippen LogP contribution in [0.5, 0.6) is 0 Å². The van der Waals surface area contributed by atoms with Crippen molar-refractivity contribution in [3.8, 4) is 0 Å². The van der Waals surface area contributed by atoms with Crippen LogP contribution in [0.4, 0.5) is 18.9 Å². The van der Waals surface area contributed by atoms with Crippen LogP contribution in [-0.2, 0) is 21.7 Å². The standard InChI is InChI=1S/C27H27F3N4O5/c28-27(29,30)26(36,18-31-10-12-32(13-11-31)25(35)24-7-4-14-39-24)22-17-33(16-19-5-2-1-3-6-19)23-15-20(34(37)38)8-9-21(22)23/h1-3,5-9,15,17,36H,4,10-14,16,18H2. The van der Waals surface area contributed by atoms with Crippen LogP contribution in [0.15, 0.2) is 66.6 Å². The maximum Gasteiger partial charge on any atom is 0.422 e. The Bertz CT molecular complexity index is 1410. The van der Waals surface area contributed by atoms with Crippen molar-refractivity contribution >= 4 is 22.5 Å². The quantitative estimate of drug-likeness (QED) is 0.359. The van der Waals surface area contributed by atoms with E-state index >= 15 is 0 Å². The number of nitro benzene ring substituents is 1. The van der Waals surface area contributed by atoms with Crippen molar-refractivity contribution in [2.24, 2.45) is 0 Å². The molecule has 1 unspecified atom stereocenters. The molecule has 206 valence electrons. The highest BCUT2D eigenvalue weighted by molar-refractivity contribution is 5.92. The zero-order valence-corrected chi connectivity index (χ0v) is 20.9. The van der Waals surface area contributed by atoms with Crippen LogP contribution in [0.3, 0.4) is 0 Å². The minimum atomic E-state index is -5.05. The van der Waals surface area contributed by atoms with Gasteiger partial charge in [-0.3, -0.25) is 19.8 Å². The molecule has 2 aromatic carbocycles. The number of fused-ring (bicyclic) bond motifs is 1. The van der Waals surface area contributed by atoms with Crippen molar-refractivity contribution < 1.29 is 32.7 Å². The number of carbonyl (C=O) groups excluding carboxylic acids is 1. The fourth-order valence-electron chi connectivity index (χ4n) is 5.12. The first kappa shape index (κ1) is 26.7. The predicted molar refractivity (Wildman–Crippen MR) is 136 cm³/mol. The molecular formula is C27H27F3N4O5. The van der Waals surface area contributed by atoms with E-state index in [1.54, 1.807) is 36.4 Å². The number of carbonyl (C=O) groups is 1. The van der Waals surface area contributed by atoms with Crippen molar-refractivity contribution in [3.63, 3.8) is 0 Å². The number of non-ortho nitro benzene ring substituents is 1. The molecule has 0 bridgehead atoms. The van der Waals surface area contributed by atoms with Gasteiger partial charge in [0.15, 0.2) is 5.76 Å². The molecule has 1 N–H and O–H groups in total. The number of ether oxygens (including phenoxy) is 1. The van der Waals surface area contributed by atoms with E-state index in [0.29, 0.717) is 13.0 Å². The second-order valence-electron chi connectivity index (χ2n) is 9.75. The molecule has 0 spiro atoms. The van der Waals surface area contributed by atoms with Crippen molar-refractivity contribution in [1.29, 1.82) is 0 Å². The largest absolute Gasteiger partial charge is 0.488 e. The lowest BCUT2D eigenvalue weighted by molar-refractivity contribution is -0.384. The number of rotatable bonds is 7. The molecule has 1 amide bonds. The predicted octanol–water partition coefficient (Wildman–Crippen LogP) is 3.80. The second kappa shape index (κ2) is 10.3. The van der Waals surface area contributed by atoms with Gasteiger partial charge in [-0.2, -0.15) is 13.2 Å². The number of alkyl halides is 3.